The third-order valence-electron chi connectivity index (χ3n) is 2.70. The number of hydrogen-bond donors (Lipinski definition) is 1. The van der Waals surface area contributed by atoms with Crippen molar-refractivity contribution >= 4 is 0 Å². The molecule has 2 aliphatic heterocycles. The normalized spacial score (nSPS) is 30.9. The summed E-state index contributed by atoms with van der Waals surface area (Å²) in [4.78, 5) is 4.33. The molecule has 0 spiro atoms. The van der Waals surface area contributed by atoms with Gasteiger partial charge in [-0.2, -0.15) is 5.26 Å². The highest BCUT2D eigenvalue weighted by Gasteiger charge is 2.27. The highest BCUT2D eigenvalue weighted by atomic mass is 15.3. The van der Waals surface area contributed by atoms with Crippen LogP contribution in [-0.4, -0.2) is 55.1 Å². The molecule has 0 aromatic carbocycles. The Kier molecular flexibility index (Phi) is 2.15. The van der Waals surface area contributed by atoms with Crippen LogP contribution in [0.25, 0.3) is 0 Å². The van der Waals surface area contributed by atoms with Gasteiger partial charge in [-0.15, -0.1) is 0 Å². The zero-order chi connectivity index (χ0) is 8.39. The SMILES string of the molecule is N#CN1CCN2CCNCC2C1. The summed E-state index contributed by atoms with van der Waals surface area (Å²) in [5, 5.41) is 12.1. The fourth-order valence-electron chi connectivity index (χ4n) is 1.96. The van der Waals surface area contributed by atoms with Gasteiger partial charge in [0.2, 0.25) is 0 Å². The van der Waals surface area contributed by atoms with Crippen LogP contribution in [0.1, 0.15) is 0 Å². The van der Waals surface area contributed by atoms with E-state index in [0.717, 1.165) is 39.3 Å². The van der Waals surface area contributed by atoms with Crippen molar-refractivity contribution in [1.29, 1.82) is 5.26 Å². The lowest BCUT2D eigenvalue weighted by atomic mass is 10.1. The summed E-state index contributed by atoms with van der Waals surface area (Å²) in [6.07, 6.45) is 2.22. The minimum Gasteiger partial charge on any atom is -0.314 e. The lowest BCUT2D eigenvalue weighted by Crippen LogP contribution is -2.60. The van der Waals surface area contributed by atoms with E-state index in [-0.39, 0.29) is 0 Å². The first kappa shape index (κ1) is 7.84. The van der Waals surface area contributed by atoms with Crippen molar-refractivity contribution in [3.05, 3.63) is 0 Å². The van der Waals surface area contributed by atoms with Crippen molar-refractivity contribution in [3.8, 4) is 6.19 Å². The van der Waals surface area contributed by atoms with Gasteiger partial charge >= 0.3 is 0 Å². The van der Waals surface area contributed by atoms with Gasteiger partial charge in [0.05, 0.1) is 0 Å². The molecule has 2 rings (SSSR count). The Hall–Kier alpha value is -0.790. The third kappa shape index (κ3) is 1.38. The first-order chi connectivity index (χ1) is 5.90. The highest BCUT2D eigenvalue weighted by Crippen LogP contribution is 2.09. The number of piperazine rings is 2. The van der Waals surface area contributed by atoms with Crippen LogP contribution in [0, 0.1) is 11.5 Å². The molecule has 2 heterocycles. The number of nitriles is 1. The first-order valence-electron chi connectivity index (χ1n) is 4.49. The maximum Gasteiger partial charge on any atom is 0.179 e. The molecule has 1 atom stereocenters. The Morgan fingerprint density at radius 1 is 1.33 bits per heavy atom. The fourth-order valence-corrected chi connectivity index (χ4v) is 1.96. The molecule has 2 fully saturated rings. The standard InChI is InChI=1S/C8H14N4/c9-7-11-3-4-12-2-1-10-5-8(12)6-11/h8,10H,1-6H2. The summed E-state index contributed by atoms with van der Waals surface area (Å²) in [6.45, 7) is 6.15. The van der Waals surface area contributed by atoms with E-state index in [1.165, 1.54) is 0 Å². The van der Waals surface area contributed by atoms with Gasteiger partial charge < -0.3 is 10.2 Å². The molecule has 0 aromatic heterocycles. The monoisotopic (exact) mass is 166 g/mol. The van der Waals surface area contributed by atoms with Crippen molar-refractivity contribution in [2.24, 2.45) is 0 Å². The maximum absolute atomic E-state index is 8.72. The van der Waals surface area contributed by atoms with Gasteiger partial charge in [-0.3, -0.25) is 4.90 Å². The average Bonchev–Trinajstić information content (AvgIpc) is 2.17. The molecule has 1 N–H and O–H groups in total. The van der Waals surface area contributed by atoms with Crippen LogP contribution < -0.4 is 5.32 Å². The molecular weight excluding hydrogens is 152 g/mol. The average molecular weight is 166 g/mol. The molecule has 66 valence electrons. The van der Waals surface area contributed by atoms with Crippen molar-refractivity contribution in [2.75, 3.05) is 39.3 Å². The van der Waals surface area contributed by atoms with E-state index in [9.17, 15) is 0 Å². The van der Waals surface area contributed by atoms with Gasteiger partial charge in [0.1, 0.15) is 0 Å². The quantitative estimate of drug-likeness (QED) is 0.471. The molecule has 0 aliphatic carbocycles. The molecule has 0 amide bonds. The van der Waals surface area contributed by atoms with Gasteiger partial charge in [0, 0.05) is 45.3 Å². The number of nitrogens with one attached hydrogen (secondary N) is 1. The molecule has 12 heavy (non-hydrogen) atoms. The molecule has 0 radical (unpaired) electrons. The van der Waals surface area contributed by atoms with E-state index in [4.69, 9.17) is 5.26 Å². The summed E-state index contributed by atoms with van der Waals surface area (Å²) in [5.41, 5.74) is 0. The number of hydrogen-bond acceptors (Lipinski definition) is 4. The second-order valence-electron chi connectivity index (χ2n) is 3.44. The van der Waals surface area contributed by atoms with Crippen LogP contribution in [0.3, 0.4) is 0 Å². The van der Waals surface area contributed by atoms with Crippen LogP contribution in [0.5, 0.6) is 0 Å². The van der Waals surface area contributed by atoms with Crippen LogP contribution in [0.4, 0.5) is 0 Å². The van der Waals surface area contributed by atoms with Crippen molar-refractivity contribution in [2.45, 2.75) is 6.04 Å². The Morgan fingerprint density at radius 2 is 2.25 bits per heavy atom. The van der Waals surface area contributed by atoms with Crippen molar-refractivity contribution in [1.82, 2.24) is 15.1 Å². The van der Waals surface area contributed by atoms with E-state index in [0.29, 0.717) is 6.04 Å². The molecule has 4 nitrogen and oxygen atoms in total. The van der Waals surface area contributed by atoms with Gasteiger partial charge in [0.25, 0.3) is 0 Å². The lowest BCUT2D eigenvalue weighted by molar-refractivity contribution is 0.0850. The van der Waals surface area contributed by atoms with Gasteiger partial charge in [0.15, 0.2) is 6.19 Å². The smallest absolute Gasteiger partial charge is 0.179 e. The molecule has 0 bridgehead atoms. The van der Waals surface area contributed by atoms with E-state index >= 15 is 0 Å². The van der Waals surface area contributed by atoms with Crippen LogP contribution in [0.15, 0.2) is 0 Å². The van der Waals surface area contributed by atoms with Gasteiger partial charge in [-0.1, -0.05) is 0 Å². The van der Waals surface area contributed by atoms with Crippen molar-refractivity contribution in [3.63, 3.8) is 0 Å². The zero-order valence-electron chi connectivity index (χ0n) is 7.16. The third-order valence-corrected chi connectivity index (χ3v) is 2.70. The minimum atomic E-state index is 0.562. The highest BCUT2D eigenvalue weighted by molar-refractivity contribution is 4.91. The van der Waals surface area contributed by atoms with Crippen LogP contribution >= 0.6 is 0 Å². The second-order valence-corrected chi connectivity index (χ2v) is 3.44. The summed E-state index contributed by atoms with van der Waals surface area (Å²) in [6, 6.07) is 0.562. The molecule has 2 aliphatic rings. The number of rotatable bonds is 0. The number of fused-ring (bicyclic) bond motifs is 1. The molecule has 4 heteroatoms. The van der Waals surface area contributed by atoms with Crippen molar-refractivity contribution < 1.29 is 0 Å². The second kappa shape index (κ2) is 3.30. The Bertz CT molecular complexity index is 198. The maximum atomic E-state index is 8.72. The van der Waals surface area contributed by atoms with Crippen LogP contribution in [-0.2, 0) is 0 Å². The van der Waals surface area contributed by atoms with Crippen LogP contribution in [0.2, 0.25) is 0 Å². The lowest BCUT2D eigenvalue weighted by Gasteiger charge is -2.42. The van der Waals surface area contributed by atoms with E-state index in [1.807, 2.05) is 4.90 Å². The summed E-state index contributed by atoms with van der Waals surface area (Å²) < 4.78 is 0. The van der Waals surface area contributed by atoms with E-state index in [2.05, 4.69) is 16.4 Å². The molecule has 2 saturated heterocycles. The molecule has 0 saturated carbocycles. The predicted molar refractivity (Wildman–Crippen MR) is 45.4 cm³/mol. The summed E-state index contributed by atoms with van der Waals surface area (Å²) >= 11 is 0. The zero-order valence-corrected chi connectivity index (χ0v) is 7.16. The molecular formula is C8H14N4. The summed E-state index contributed by atoms with van der Waals surface area (Å²) in [7, 11) is 0. The topological polar surface area (TPSA) is 42.3 Å². The van der Waals surface area contributed by atoms with E-state index < -0.39 is 0 Å². The van der Waals surface area contributed by atoms with E-state index in [1.54, 1.807) is 0 Å². The molecule has 1 unspecified atom stereocenters. The first-order valence-corrected chi connectivity index (χ1v) is 4.49. The summed E-state index contributed by atoms with van der Waals surface area (Å²) in [5.74, 6) is 0. The van der Waals surface area contributed by atoms with Gasteiger partial charge in [-0.05, 0) is 0 Å². The Morgan fingerprint density at radius 3 is 3.08 bits per heavy atom. The number of nitrogens with zero attached hydrogens (tertiary/aromatic N) is 3. The minimum absolute atomic E-state index is 0.562. The fraction of sp³-hybridized carbons (Fsp3) is 0.875. The molecule has 0 aromatic rings. The van der Waals surface area contributed by atoms with Gasteiger partial charge in [-0.25, -0.2) is 0 Å². The predicted octanol–water partition coefficient (Wildman–Crippen LogP) is -0.943. The Balaban J connectivity index is 1.95. The Labute approximate surface area is 72.7 Å². The largest absolute Gasteiger partial charge is 0.314 e.